The van der Waals surface area contributed by atoms with E-state index in [-0.39, 0.29) is 23.0 Å². The van der Waals surface area contributed by atoms with Crippen LogP contribution in [-0.2, 0) is 11.2 Å². The lowest BCUT2D eigenvalue weighted by Crippen LogP contribution is -2.27. The third kappa shape index (κ3) is 2.20. The molecule has 20 heavy (non-hydrogen) atoms. The van der Waals surface area contributed by atoms with Gasteiger partial charge in [0.2, 0.25) is 5.91 Å². The number of carbonyl (C=O) groups excluding carboxylic acids is 2. The van der Waals surface area contributed by atoms with Crippen LogP contribution in [0.2, 0.25) is 0 Å². The van der Waals surface area contributed by atoms with Gasteiger partial charge in [0.25, 0.3) is 5.24 Å². The molecule has 1 aromatic heterocycles. The van der Waals surface area contributed by atoms with Gasteiger partial charge in [0, 0.05) is 12.0 Å². The largest absolute Gasteiger partial charge is 0.464 e. The maximum atomic E-state index is 13.2. The highest BCUT2D eigenvalue weighted by Crippen LogP contribution is 2.23. The average molecular weight is 293 g/mol. The van der Waals surface area contributed by atoms with Crippen LogP contribution in [0.25, 0.3) is 11.0 Å². The van der Waals surface area contributed by atoms with Crippen LogP contribution >= 0.6 is 11.8 Å². The summed E-state index contributed by atoms with van der Waals surface area (Å²) in [5.74, 6) is -0.969. The van der Waals surface area contributed by atoms with E-state index in [2.05, 4.69) is 5.32 Å². The molecular weight excluding hydrogens is 285 g/mol. The van der Waals surface area contributed by atoms with Crippen molar-refractivity contribution in [3.8, 4) is 0 Å². The van der Waals surface area contributed by atoms with Crippen molar-refractivity contribution >= 4 is 33.9 Å². The second-order valence-corrected chi connectivity index (χ2v) is 5.49. The molecule has 2 heterocycles. The van der Waals surface area contributed by atoms with Crippen molar-refractivity contribution in [2.45, 2.75) is 11.7 Å². The van der Waals surface area contributed by atoms with Crippen molar-refractivity contribution in [3.05, 3.63) is 46.1 Å². The number of fused-ring (bicyclic) bond motifs is 1. The van der Waals surface area contributed by atoms with Crippen LogP contribution in [0, 0.1) is 5.82 Å². The zero-order chi connectivity index (χ0) is 14.3. The molecule has 7 heteroatoms. The van der Waals surface area contributed by atoms with Crippen molar-refractivity contribution < 1.29 is 18.4 Å². The molecule has 5 nitrogen and oxygen atoms in total. The summed E-state index contributed by atoms with van der Waals surface area (Å²) in [5, 5.41) is 1.18. The average Bonchev–Trinajstić information content (AvgIpc) is 2.72. The zero-order valence-electron chi connectivity index (χ0n) is 10.0. The van der Waals surface area contributed by atoms with E-state index in [0.717, 1.165) is 17.8 Å². The molecule has 0 aliphatic carbocycles. The van der Waals surface area contributed by atoms with Crippen LogP contribution in [-0.4, -0.2) is 16.4 Å². The highest BCUT2D eigenvalue weighted by molar-refractivity contribution is 8.15. The second kappa shape index (κ2) is 4.75. The van der Waals surface area contributed by atoms with E-state index < -0.39 is 27.6 Å². The summed E-state index contributed by atoms with van der Waals surface area (Å²) in [6.45, 7) is 0. The van der Waals surface area contributed by atoms with Gasteiger partial charge in [-0.1, -0.05) is 11.8 Å². The van der Waals surface area contributed by atoms with Crippen molar-refractivity contribution in [3.63, 3.8) is 0 Å². The van der Waals surface area contributed by atoms with Crippen LogP contribution in [0.1, 0.15) is 5.56 Å². The Labute approximate surface area is 116 Å². The molecule has 3 rings (SSSR count). The van der Waals surface area contributed by atoms with Crippen LogP contribution < -0.4 is 10.7 Å². The van der Waals surface area contributed by atoms with Gasteiger partial charge in [-0.15, -0.1) is 0 Å². The number of carbonyl (C=O) groups is 2. The second-order valence-electron chi connectivity index (χ2n) is 4.32. The lowest BCUT2D eigenvalue weighted by atomic mass is 10.1. The standard InChI is InChI=1S/C13H8FNO4S/c14-7-1-2-9-8(4-7)11(16)6(5-19-9)3-10-12(17)15-13(18)20-10/h1-2,4-5,10H,3H2,(H,15,17,18). The molecule has 1 unspecified atom stereocenters. The van der Waals surface area contributed by atoms with Gasteiger partial charge in [-0.2, -0.15) is 0 Å². The fourth-order valence-electron chi connectivity index (χ4n) is 2.01. The Morgan fingerprint density at radius 3 is 2.80 bits per heavy atom. The molecule has 2 aromatic rings. The van der Waals surface area contributed by atoms with Crippen molar-refractivity contribution in [1.29, 1.82) is 0 Å². The summed E-state index contributed by atoms with van der Waals surface area (Å²) < 4.78 is 18.4. The fourth-order valence-corrected chi connectivity index (χ4v) is 2.86. The number of hydrogen-bond donors (Lipinski definition) is 1. The molecule has 102 valence electrons. The van der Waals surface area contributed by atoms with Crippen LogP contribution in [0.3, 0.4) is 0 Å². The first-order chi connectivity index (χ1) is 9.54. The van der Waals surface area contributed by atoms with Gasteiger partial charge < -0.3 is 4.42 Å². The van der Waals surface area contributed by atoms with E-state index in [1.807, 2.05) is 0 Å². The number of amides is 2. The quantitative estimate of drug-likeness (QED) is 0.914. The first kappa shape index (κ1) is 12.9. The summed E-state index contributed by atoms with van der Waals surface area (Å²) in [5.41, 5.74) is 0.128. The lowest BCUT2D eigenvalue weighted by Gasteiger charge is -2.05. The van der Waals surface area contributed by atoms with Crippen LogP contribution in [0.4, 0.5) is 9.18 Å². The molecule has 1 atom stereocenters. The fraction of sp³-hybridized carbons (Fsp3) is 0.154. The lowest BCUT2D eigenvalue weighted by molar-refractivity contribution is -0.118. The highest BCUT2D eigenvalue weighted by atomic mass is 32.2. The Kier molecular flexibility index (Phi) is 3.06. The van der Waals surface area contributed by atoms with Crippen molar-refractivity contribution in [2.24, 2.45) is 0 Å². The van der Waals surface area contributed by atoms with Gasteiger partial charge in [0.15, 0.2) is 5.43 Å². The highest BCUT2D eigenvalue weighted by Gasteiger charge is 2.32. The summed E-state index contributed by atoms with van der Waals surface area (Å²) in [6, 6.07) is 3.66. The number of nitrogens with one attached hydrogen (secondary N) is 1. The number of rotatable bonds is 2. The molecule has 1 aliphatic rings. The molecule has 1 saturated heterocycles. The van der Waals surface area contributed by atoms with Crippen molar-refractivity contribution in [1.82, 2.24) is 5.32 Å². The maximum absolute atomic E-state index is 13.2. The number of hydrogen-bond acceptors (Lipinski definition) is 5. The molecular formula is C13H8FNO4S. The van der Waals surface area contributed by atoms with E-state index in [4.69, 9.17) is 4.42 Å². The molecule has 0 bridgehead atoms. The Hall–Kier alpha value is -2.15. The van der Waals surface area contributed by atoms with E-state index in [1.165, 1.54) is 18.4 Å². The summed E-state index contributed by atoms with van der Waals surface area (Å²) in [7, 11) is 0. The Bertz CT molecular complexity index is 786. The topological polar surface area (TPSA) is 76.4 Å². The third-order valence-corrected chi connectivity index (χ3v) is 3.96. The molecule has 1 N–H and O–H groups in total. The Balaban J connectivity index is 2.00. The molecule has 0 spiro atoms. The van der Waals surface area contributed by atoms with Crippen LogP contribution in [0.5, 0.6) is 0 Å². The number of benzene rings is 1. The molecule has 1 aliphatic heterocycles. The predicted octanol–water partition coefficient (Wildman–Crippen LogP) is 1.83. The van der Waals surface area contributed by atoms with E-state index in [0.29, 0.717) is 0 Å². The van der Waals surface area contributed by atoms with Gasteiger partial charge in [0.05, 0.1) is 16.9 Å². The van der Waals surface area contributed by atoms with Gasteiger partial charge in [-0.25, -0.2) is 4.39 Å². The Morgan fingerprint density at radius 2 is 2.10 bits per heavy atom. The van der Waals surface area contributed by atoms with Gasteiger partial charge in [-0.3, -0.25) is 19.7 Å². The zero-order valence-corrected chi connectivity index (χ0v) is 10.8. The normalized spacial score (nSPS) is 18.6. The SMILES string of the molecule is O=C1NC(=O)C(Cc2coc3ccc(F)cc3c2=O)S1. The minimum atomic E-state index is -0.656. The number of halogens is 1. The maximum Gasteiger partial charge on any atom is 0.286 e. The predicted molar refractivity (Wildman–Crippen MR) is 71.1 cm³/mol. The minimum Gasteiger partial charge on any atom is -0.464 e. The van der Waals surface area contributed by atoms with E-state index >= 15 is 0 Å². The number of thioether (sulfide) groups is 1. The summed E-state index contributed by atoms with van der Waals surface area (Å²) in [4.78, 5) is 34.8. The molecule has 0 radical (unpaired) electrons. The first-order valence-corrected chi connectivity index (χ1v) is 6.64. The van der Waals surface area contributed by atoms with Crippen LogP contribution in [0.15, 0.2) is 33.7 Å². The first-order valence-electron chi connectivity index (χ1n) is 5.76. The summed E-state index contributed by atoms with van der Waals surface area (Å²) in [6.07, 6.45) is 1.32. The van der Waals surface area contributed by atoms with Gasteiger partial charge in [-0.05, 0) is 18.2 Å². The minimum absolute atomic E-state index is 0.0665. The molecule has 2 amide bonds. The monoisotopic (exact) mass is 293 g/mol. The van der Waals surface area contributed by atoms with Crippen molar-refractivity contribution in [2.75, 3.05) is 0 Å². The van der Waals surface area contributed by atoms with Gasteiger partial charge in [0.1, 0.15) is 11.4 Å². The number of imide groups is 1. The molecule has 1 aromatic carbocycles. The third-order valence-electron chi connectivity index (χ3n) is 2.98. The summed E-state index contributed by atoms with van der Waals surface area (Å²) >= 11 is 0.832. The molecule has 0 saturated carbocycles. The smallest absolute Gasteiger partial charge is 0.286 e. The molecule has 1 fully saturated rings. The van der Waals surface area contributed by atoms with E-state index in [9.17, 15) is 18.8 Å². The Morgan fingerprint density at radius 1 is 1.30 bits per heavy atom. The van der Waals surface area contributed by atoms with Gasteiger partial charge >= 0.3 is 0 Å². The van der Waals surface area contributed by atoms with E-state index in [1.54, 1.807) is 0 Å².